The summed E-state index contributed by atoms with van der Waals surface area (Å²) in [5, 5.41) is 1.89. The summed E-state index contributed by atoms with van der Waals surface area (Å²) in [5.41, 5.74) is 6.95. The lowest BCUT2D eigenvalue weighted by atomic mass is 9.97. The summed E-state index contributed by atoms with van der Waals surface area (Å²) in [5.74, 6) is -0.285. The van der Waals surface area contributed by atoms with Crippen LogP contribution in [0.5, 0.6) is 0 Å². The molecule has 0 spiro atoms. The zero-order valence-electron chi connectivity index (χ0n) is 9.16. The minimum atomic E-state index is -0.351. The third-order valence-electron chi connectivity index (χ3n) is 3.32. The van der Waals surface area contributed by atoms with Gasteiger partial charge in [0, 0.05) is 5.54 Å². The van der Waals surface area contributed by atoms with Gasteiger partial charge in [0.2, 0.25) is 0 Å². The predicted octanol–water partition coefficient (Wildman–Crippen LogP) is 2.12. The maximum Gasteiger partial charge on any atom is 0.348 e. The van der Waals surface area contributed by atoms with Crippen molar-refractivity contribution in [2.75, 3.05) is 7.11 Å². The molecule has 0 saturated heterocycles. The van der Waals surface area contributed by atoms with Crippen molar-refractivity contribution in [1.82, 2.24) is 0 Å². The molecule has 1 heterocycles. The summed E-state index contributed by atoms with van der Waals surface area (Å²) in [6, 6.07) is 1.94. The van der Waals surface area contributed by atoms with Crippen LogP contribution < -0.4 is 5.73 Å². The van der Waals surface area contributed by atoms with Crippen molar-refractivity contribution >= 4 is 17.3 Å². The lowest BCUT2D eigenvalue weighted by molar-refractivity contribution is 0.0604. The fourth-order valence-electron chi connectivity index (χ4n) is 2.02. The zero-order chi connectivity index (χ0) is 11.3. The smallest absolute Gasteiger partial charge is 0.348 e. The highest BCUT2D eigenvalue weighted by Gasteiger charge is 2.60. The maximum absolute atomic E-state index is 11.5. The lowest BCUT2D eigenvalue weighted by Gasteiger charge is -2.15. The third-order valence-corrected chi connectivity index (χ3v) is 4.21. The molecule has 1 aromatic rings. The molecule has 1 saturated carbocycles. The summed E-state index contributed by atoms with van der Waals surface area (Å²) in [4.78, 5) is 12.2. The molecule has 1 atom stereocenters. The Bertz CT molecular complexity index is 410. The molecule has 4 heteroatoms. The Labute approximate surface area is 93.2 Å². The average molecular weight is 225 g/mol. The minimum absolute atomic E-state index is 0.0802. The molecule has 3 nitrogen and oxygen atoms in total. The highest BCUT2D eigenvalue weighted by atomic mass is 32.1. The van der Waals surface area contributed by atoms with Crippen LogP contribution in [0.1, 0.15) is 35.5 Å². The number of thiophene rings is 1. The molecular weight excluding hydrogens is 210 g/mol. The number of carbonyl (C=O) groups excluding carboxylic acids is 1. The second kappa shape index (κ2) is 3.06. The SMILES string of the molecule is COC(=O)c1sccc1C1(N)CC1(C)C. The quantitative estimate of drug-likeness (QED) is 0.784. The molecule has 0 radical (unpaired) electrons. The van der Waals surface area contributed by atoms with Gasteiger partial charge in [-0.2, -0.15) is 0 Å². The predicted molar refractivity (Wildman–Crippen MR) is 59.9 cm³/mol. The molecule has 15 heavy (non-hydrogen) atoms. The Balaban J connectivity index is 2.39. The van der Waals surface area contributed by atoms with Crippen molar-refractivity contribution in [3.8, 4) is 0 Å². The Morgan fingerprint density at radius 2 is 2.20 bits per heavy atom. The number of hydrogen-bond acceptors (Lipinski definition) is 4. The van der Waals surface area contributed by atoms with Crippen molar-refractivity contribution in [2.45, 2.75) is 25.8 Å². The Morgan fingerprint density at radius 3 is 2.67 bits per heavy atom. The van der Waals surface area contributed by atoms with Gasteiger partial charge in [-0.15, -0.1) is 11.3 Å². The standard InChI is InChI=1S/C11H15NO2S/c1-10(2)6-11(10,12)7-4-5-15-8(7)9(13)14-3/h4-5H,6,12H2,1-3H3. The van der Waals surface area contributed by atoms with Gasteiger partial charge in [0.25, 0.3) is 0 Å². The van der Waals surface area contributed by atoms with E-state index in [1.165, 1.54) is 18.4 Å². The van der Waals surface area contributed by atoms with Gasteiger partial charge in [0.1, 0.15) is 4.88 Å². The fourth-order valence-corrected chi connectivity index (χ4v) is 2.92. The second-order valence-corrected chi connectivity index (χ2v) is 5.60. The highest BCUT2D eigenvalue weighted by molar-refractivity contribution is 7.12. The Hall–Kier alpha value is -0.870. The first-order valence-corrected chi connectivity index (χ1v) is 5.75. The number of ether oxygens (including phenoxy) is 1. The van der Waals surface area contributed by atoms with E-state index in [2.05, 4.69) is 13.8 Å². The lowest BCUT2D eigenvalue weighted by Crippen LogP contribution is -2.27. The van der Waals surface area contributed by atoms with Crippen molar-refractivity contribution in [2.24, 2.45) is 11.1 Å². The minimum Gasteiger partial charge on any atom is -0.465 e. The van der Waals surface area contributed by atoms with Crippen LogP contribution in [-0.4, -0.2) is 13.1 Å². The van der Waals surface area contributed by atoms with Gasteiger partial charge in [-0.1, -0.05) is 13.8 Å². The number of rotatable bonds is 2. The summed E-state index contributed by atoms with van der Waals surface area (Å²) in [6.45, 7) is 4.23. The molecule has 0 aliphatic heterocycles. The first kappa shape index (κ1) is 10.6. The van der Waals surface area contributed by atoms with E-state index in [0.717, 1.165) is 12.0 Å². The van der Waals surface area contributed by atoms with Gasteiger partial charge in [0.15, 0.2) is 0 Å². The fraction of sp³-hybridized carbons (Fsp3) is 0.545. The molecular formula is C11H15NO2S. The van der Waals surface area contributed by atoms with Crippen LogP contribution in [0.4, 0.5) is 0 Å². The maximum atomic E-state index is 11.5. The molecule has 2 N–H and O–H groups in total. The topological polar surface area (TPSA) is 52.3 Å². The van der Waals surface area contributed by atoms with E-state index in [4.69, 9.17) is 10.5 Å². The molecule has 1 aliphatic rings. The van der Waals surface area contributed by atoms with E-state index in [9.17, 15) is 4.79 Å². The van der Waals surface area contributed by atoms with Crippen LogP contribution in [0.3, 0.4) is 0 Å². The number of hydrogen-bond donors (Lipinski definition) is 1. The largest absolute Gasteiger partial charge is 0.465 e. The second-order valence-electron chi connectivity index (χ2n) is 4.69. The van der Waals surface area contributed by atoms with Gasteiger partial charge in [-0.3, -0.25) is 0 Å². The van der Waals surface area contributed by atoms with Crippen LogP contribution in [0.2, 0.25) is 0 Å². The van der Waals surface area contributed by atoms with E-state index < -0.39 is 0 Å². The molecule has 0 aromatic carbocycles. The van der Waals surface area contributed by atoms with Gasteiger partial charge < -0.3 is 10.5 Å². The number of carbonyl (C=O) groups is 1. The third kappa shape index (κ3) is 1.40. The molecule has 2 rings (SSSR count). The molecule has 1 aromatic heterocycles. The van der Waals surface area contributed by atoms with Crippen molar-refractivity contribution < 1.29 is 9.53 Å². The van der Waals surface area contributed by atoms with Crippen LogP contribution in [0, 0.1) is 5.41 Å². The summed E-state index contributed by atoms with van der Waals surface area (Å²) >= 11 is 1.40. The highest BCUT2D eigenvalue weighted by Crippen LogP contribution is 2.61. The number of esters is 1. The molecule has 0 amide bonds. The normalized spacial score (nSPS) is 27.5. The average Bonchev–Trinajstić information content (AvgIpc) is 2.56. The van der Waals surface area contributed by atoms with Crippen LogP contribution in [0.15, 0.2) is 11.4 Å². The van der Waals surface area contributed by atoms with E-state index in [1.54, 1.807) is 0 Å². The first-order chi connectivity index (χ1) is 6.92. The van der Waals surface area contributed by atoms with Crippen molar-refractivity contribution in [1.29, 1.82) is 0 Å². The van der Waals surface area contributed by atoms with E-state index in [1.807, 2.05) is 11.4 Å². The van der Waals surface area contributed by atoms with E-state index >= 15 is 0 Å². The first-order valence-electron chi connectivity index (χ1n) is 4.87. The molecule has 1 fully saturated rings. The molecule has 82 valence electrons. The van der Waals surface area contributed by atoms with Crippen molar-refractivity contribution in [3.05, 3.63) is 21.9 Å². The number of methoxy groups -OCH3 is 1. The summed E-state index contributed by atoms with van der Waals surface area (Å²) < 4.78 is 4.74. The molecule has 1 unspecified atom stereocenters. The monoisotopic (exact) mass is 225 g/mol. The van der Waals surface area contributed by atoms with Crippen LogP contribution >= 0.6 is 11.3 Å². The van der Waals surface area contributed by atoms with Crippen LogP contribution in [0.25, 0.3) is 0 Å². The number of nitrogens with two attached hydrogens (primary N) is 1. The Kier molecular flexibility index (Phi) is 2.17. The van der Waals surface area contributed by atoms with Gasteiger partial charge in [-0.05, 0) is 28.8 Å². The van der Waals surface area contributed by atoms with Gasteiger partial charge in [-0.25, -0.2) is 4.79 Å². The van der Waals surface area contributed by atoms with Gasteiger partial charge in [0.05, 0.1) is 7.11 Å². The van der Waals surface area contributed by atoms with Crippen LogP contribution in [-0.2, 0) is 10.3 Å². The van der Waals surface area contributed by atoms with Gasteiger partial charge >= 0.3 is 5.97 Å². The Morgan fingerprint density at radius 1 is 1.60 bits per heavy atom. The van der Waals surface area contributed by atoms with Crippen molar-refractivity contribution in [3.63, 3.8) is 0 Å². The molecule has 0 bridgehead atoms. The summed E-state index contributed by atoms with van der Waals surface area (Å²) in [6.07, 6.45) is 0.917. The molecule has 1 aliphatic carbocycles. The zero-order valence-corrected chi connectivity index (χ0v) is 9.98. The van der Waals surface area contributed by atoms with E-state index in [0.29, 0.717) is 4.88 Å². The van der Waals surface area contributed by atoms with E-state index in [-0.39, 0.29) is 16.9 Å². The summed E-state index contributed by atoms with van der Waals surface area (Å²) in [7, 11) is 1.40.